The number of ether oxygens (including phenoxy) is 3. The van der Waals surface area contributed by atoms with Gasteiger partial charge in [-0.05, 0) is 0 Å². The summed E-state index contributed by atoms with van der Waals surface area (Å²) in [5.41, 5.74) is 0. The molecule has 10 atom stereocenters. The van der Waals surface area contributed by atoms with Gasteiger partial charge in [-0.2, -0.15) is 21.6 Å². The first kappa shape index (κ1) is 27.1. The standard InChI is InChI=1S/C12H21NO17S2/c14-1-2-7(28-12-6(17)4(15)5(16)9(29-12)10(18)19)8(30-32(24,25)26)3(11(20)27-2)13-31(21,22)23/h2-9,11-17,20H,1H2,(H,18,19)(H,21,22,23)(H,24,25,26)/t2-,3-,4+,5+,6-,7-,8-,9-,11+,12-/m1/s1. The number of aliphatic carboxylic acids is 1. The van der Waals surface area contributed by atoms with E-state index in [-0.39, 0.29) is 0 Å². The van der Waals surface area contributed by atoms with E-state index in [9.17, 15) is 47.2 Å². The van der Waals surface area contributed by atoms with Crippen molar-refractivity contribution >= 4 is 26.7 Å². The summed E-state index contributed by atoms with van der Waals surface area (Å²) in [5.74, 6) is -1.80. The number of carbonyl (C=O) groups is 1. The molecule has 2 aliphatic rings. The summed E-state index contributed by atoms with van der Waals surface area (Å²) < 4.78 is 83.5. The second-order valence-corrected chi connectivity index (χ2v) is 8.92. The Hall–Kier alpha value is -1.11. The molecule has 20 heteroatoms. The third-order valence-corrected chi connectivity index (χ3v) is 5.50. The van der Waals surface area contributed by atoms with Crippen LogP contribution in [-0.2, 0) is 43.9 Å². The van der Waals surface area contributed by atoms with Crippen LogP contribution in [0.5, 0.6) is 0 Å². The first-order valence-electron chi connectivity index (χ1n) is 8.48. The number of nitrogens with one attached hydrogen (secondary N) is 1. The van der Waals surface area contributed by atoms with E-state index in [0.717, 1.165) is 0 Å². The molecular weight excluding hydrogens is 494 g/mol. The molecule has 0 aromatic carbocycles. The van der Waals surface area contributed by atoms with E-state index in [2.05, 4.69) is 4.18 Å². The fourth-order valence-corrected chi connectivity index (χ4v) is 4.21. The maximum atomic E-state index is 11.3. The fourth-order valence-electron chi connectivity index (χ4n) is 3.10. The molecule has 9 N–H and O–H groups in total. The van der Waals surface area contributed by atoms with Crippen LogP contribution in [0.3, 0.4) is 0 Å². The molecular formula is C12H21NO17S2. The number of carboxylic acid groups (broad SMARTS) is 1. The lowest BCUT2D eigenvalue weighted by molar-refractivity contribution is -0.338. The van der Waals surface area contributed by atoms with Crippen LogP contribution in [0.2, 0.25) is 0 Å². The fraction of sp³-hybridized carbons (Fsp3) is 0.917. The maximum absolute atomic E-state index is 11.3. The monoisotopic (exact) mass is 515 g/mol. The van der Waals surface area contributed by atoms with Crippen molar-refractivity contribution in [3.05, 3.63) is 0 Å². The lowest BCUT2D eigenvalue weighted by Gasteiger charge is -2.46. The number of rotatable bonds is 8. The smallest absolute Gasteiger partial charge is 0.397 e. The molecule has 2 rings (SSSR count). The van der Waals surface area contributed by atoms with Crippen molar-refractivity contribution in [2.45, 2.75) is 61.3 Å². The van der Waals surface area contributed by atoms with Gasteiger partial charge < -0.3 is 44.8 Å². The van der Waals surface area contributed by atoms with Gasteiger partial charge in [0.25, 0.3) is 0 Å². The average Bonchev–Trinajstić information content (AvgIpc) is 2.64. The van der Waals surface area contributed by atoms with Gasteiger partial charge in [0.05, 0.1) is 6.61 Å². The molecule has 2 fully saturated rings. The van der Waals surface area contributed by atoms with Gasteiger partial charge in [-0.1, -0.05) is 0 Å². The molecule has 18 nitrogen and oxygen atoms in total. The lowest BCUT2D eigenvalue weighted by Crippen LogP contribution is -2.68. The third-order valence-electron chi connectivity index (χ3n) is 4.47. The summed E-state index contributed by atoms with van der Waals surface area (Å²) in [6.45, 7) is -1.08. The van der Waals surface area contributed by atoms with Gasteiger partial charge in [-0.25, -0.2) is 8.98 Å². The summed E-state index contributed by atoms with van der Waals surface area (Å²) in [4.78, 5) is 11.2. The minimum absolute atomic E-state index is 1.08. The van der Waals surface area contributed by atoms with Crippen LogP contribution < -0.4 is 4.72 Å². The van der Waals surface area contributed by atoms with Crippen LogP contribution >= 0.6 is 0 Å². The summed E-state index contributed by atoms with van der Waals surface area (Å²) in [5, 5.41) is 58.1. The number of aliphatic hydroxyl groups excluding tert-OH is 5. The van der Waals surface area contributed by atoms with Crippen molar-refractivity contribution in [1.82, 2.24) is 4.72 Å². The molecule has 2 saturated heterocycles. The van der Waals surface area contributed by atoms with E-state index in [1.54, 1.807) is 0 Å². The Labute approximate surface area is 179 Å². The molecule has 188 valence electrons. The first-order chi connectivity index (χ1) is 14.6. The van der Waals surface area contributed by atoms with Gasteiger partial charge in [-0.15, -0.1) is 0 Å². The Kier molecular flexibility index (Phi) is 8.50. The van der Waals surface area contributed by atoms with Crippen LogP contribution in [0.1, 0.15) is 0 Å². The Balaban J connectivity index is 2.43. The van der Waals surface area contributed by atoms with Crippen molar-refractivity contribution in [2.24, 2.45) is 0 Å². The second-order valence-electron chi connectivity index (χ2n) is 6.69. The Morgan fingerprint density at radius 2 is 1.53 bits per heavy atom. The molecule has 0 saturated carbocycles. The van der Waals surface area contributed by atoms with Crippen molar-refractivity contribution in [3.8, 4) is 0 Å². The van der Waals surface area contributed by atoms with Crippen LogP contribution in [0.15, 0.2) is 0 Å². The van der Waals surface area contributed by atoms with E-state index in [1.807, 2.05) is 0 Å². The van der Waals surface area contributed by atoms with Gasteiger partial charge >= 0.3 is 26.7 Å². The van der Waals surface area contributed by atoms with Crippen LogP contribution in [0.4, 0.5) is 0 Å². The molecule has 32 heavy (non-hydrogen) atoms. The largest absolute Gasteiger partial charge is 0.479 e. The predicted molar refractivity (Wildman–Crippen MR) is 92.0 cm³/mol. The predicted octanol–water partition coefficient (Wildman–Crippen LogP) is -6.08. The highest BCUT2D eigenvalue weighted by atomic mass is 32.3. The highest BCUT2D eigenvalue weighted by Gasteiger charge is 2.54. The van der Waals surface area contributed by atoms with Gasteiger partial charge in [0.15, 0.2) is 18.7 Å². The highest BCUT2D eigenvalue weighted by molar-refractivity contribution is 7.83. The zero-order chi connectivity index (χ0) is 24.6. The second kappa shape index (κ2) is 10.0. The minimum Gasteiger partial charge on any atom is -0.479 e. The molecule has 0 amide bonds. The molecule has 0 spiro atoms. The van der Waals surface area contributed by atoms with E-state index in [1.165, 1.54) is 4.72 Å². The van der Waals surface area contributed by atoms with E-state index in [0.29, 0.717) is 0 Å². The molecule has 0 unspecified atom stereocenters. The van der Waals surface area contributed by atoms with Gasteiger partial charge in [0.2, 0.25) is 0 Å². The number of aliphatic hydroxyl groups is 5. The topological polar surface area (TPSA) is 296 Å². The highest BCUT2D eigenvalue weighted by Crippen LogP contribution is 2.31. The molecule has 0 aliphatic carbocycles. The van der Waals surface area contributed by atoms with Crippen molar-refractivity contribution < 1.29 is 79.8 Å². The summed E-state index contributed by atoms with van der Waals surface area (Å²) in [6.07, 6.45) is -19.3. The summed E-state index contributed by atoms with van der Waals surface area (Å²) in [7, 11) is -10.6. The van der Waals surface area contributed by atoms with Gasteiger partial charge in [-0.3, -0.25) is 9.11 Å². The van der Waals surface area contributed by atoms with Gasteiger partial charge in [0.1, 0.15) is 42.7 Å². The molecule has 0 aromatic heterocycles. The number of hydrogen-bond donors (Lipinski definition) is 9. The van der Waals surface area contributed by atoms with E-state index in [4.69, 9.17) is 28.4 Å². The summed E-state index contributed by atoms with van der Waals surface area (Å²) in [6, 6.07) is -2.22. The quantitative estimate of drug-likeness (QED) is 0.136. The van der Waals surface area contributed by atoms with Crippen molar-refractivity contribution in [3.63, 3.8) is 0 Å². The van der Waals surface area contributed by atoms with Crippen molar-refractivity contribution in [2.75, 3.05) is 6.61 Å². The molecule has 0 bridgehead atoms. The third kappa shape index (κ3) is 6.48. The minimum atomic E-state index is -5.43. The molecule has 2 aliphatic heterocycles. The Morgan fingerprint density at radius 1 is 0.938 bits per heavy atom. The Bertz CT molecular complexity index is 878. The van der Waals surface area contributed by atoms with E-state index >= 15 is 0 Å². The molecule has 2 heterocycles. The Morgan fingerprint density at radius 3 is 2.00 bits per heavy atom. The lowest BCUT2D eigenvalue weighted by atomic mass is 9.96. The van der Waals surface area contributed by atoms with E-state index < -0.39 is 94.6 Å². The summed E-state index contributed by atoms with van der Waals surface area (Å²) >= 11 is 0. The van der Waals surface area contributed by atoms with Crippen LogP contribution in [-0.4, -0.2) is 131 Å². The zero-order valence-electron chi connectivity index (χ0n) is 15.5. The zero-order valence-corrected chi connectivity index (χ0v) is 17.2. The number of carboxylic acids is 1. The van der Waals surface area contributed by atoms with Crippen molar-refractivity contribution in [1.29, 1.82) is 0 Å². The SMILES string of the molecule is O=C(O)[C@@H]1O[C@@H](O[C@H]2[C@H](OS(=O)(=O)O)[C@@H](NS(=O)(=O)O)[C@@H](O)O[C@@H]2CO)[C@H](O)[C@@H](O)[C@@H]1O. The maximum Gasteiger partial charge on any atom is 0.397 e. The normalized spacial score (nSPS) is 41.3. The molecule has 0 aromatic rings. The van der Waals surface area contributed by atoms with Crippen LogP contribution in [0, 0.1) is 0 Å². The first-order valence-corrected chi connectivity index (χ1v) is 11.3. The molecule has 0 radical (unpaired) electrons. The number of hydrogen-bond acceptors (Lipinski definition) is 14. The average molecular weight is 515 g/mol. The van der Waals surface area contributed by atoms with Gasteiger partial charge in [0, 0.05) is 0 Å². The van der Waals surface area contributed by atoms with Crippen LogP contribution in [0.25, 0.3) is 0 Å².